The van der Waals surface area contributed by atoms with Gasteiger partial charge < -0.3 is 14.4 Å². The third-order valence-electron chi connectivity index (χ3n) is 9.97. The van der Waals surface area contributed by atoms with Gasteiger partial charge in [-0.15, -0.1) is 0 Å². The van der Waals surface area contributed by atoms with E-state index in [2.05, 4.69) is 152 Å². The summed E-state index contributed by atoms with van der Waals surface area (Å²) in [6.45, 7) is 4.52. The lowest BCUT2D eigenvalue weighted by Gasteiger charge is -2.32. The molecule has 1 aliphatic rings. The highest BCUT2D eigenvalue weighted by Crippen LogP contribution is 2.57. The maximum absolute atomic E-state index is 11.3. The molecule has 1 N–H and O–H groups in total. The molecule has 0 saturated heterocycles. The second-order valence-electron chi connectivity index (χ2n) is 13.1. The number of furan rings is 1. The van der Waals surface area contributed by atoms with Gasteiger partial charge in [0.1, 0.15) is 16.9 Å². The standard InChI is InChI=1S/C45H33NO2/c1-45(2)38-17-8-6-14-37(38)42-40(47)28-27-39(43(42)45)46(32-23-19-30(20-24-32)29-11-4-3-5-12-29)33-25-21-31(22-26-33)34-15-10-16-36-35-13-7-9-18-41(35)48-44(34)36/h3-28,47H,1-2H3. The molecule has 1 aliphatic carbocycles. The van der Waals surface area contributed by atoms with Crippen LogP contribution in [0.3, 0.4) is 0 Å². The van der Waals surface area contributed by atoms with Gasteiger partial charge >= 0.3 is 0 Å². The summed E-state index contributed by atoms with van der Waals surface area (Å²) in [7, 11) is 0. The number of hydrogen-bond donors (Lipinski definition) is 1. The fourth-order valence-electron chi connectivity index (χ4n) is 7.68. The highest BCUT2D eigenvalue weighted by atomic mass is 16.3. The van der Waals surface area contributed by atoms with Crippen LogP contribution in [-0.4, -0.2) is 5.11 Å². The van der Waals surface area contributed by atoms with Gasteiger partial charge in [-0.2, -0.15) is 0 Å². The Morgan fingerprint density at radius 1 is 0.521 bits per heavy atom. The quantitative estimate of drug-likeness (QED) is 0.208. The Labute approximate surface area is 280 Å². The Morgan fingerprint density at radius 3 is 1.90 bits per heavy atom. The summed E-state index contributed by atoms with van der Waals surface area (Å²) in [5, 5.41) is 13.5. The summed E-state index contributed by atoms with van der Waals surface area (Å²) in [6.07, 6.45) is 0. The molecular weight excluding hydrogens is 587 g/mol. The van der Waals surface area contributed by atoms with Gasteiger partial charge in [-0.05, 0) is 75.8 Å². The molecule has 0 fully saturated rings. The van der Waals surface area contributed by atoms with E-state index in [4.69, 9.17) is 4.42 Å². The number of rotatable bonds is 5. The Kier molecular flexibility index (Phi) is 6.31. The first kappa shape index (κ1) is 28.2. The zero-order valence-electron chi connectivity index (χ0n) is 26.8. The topological polar surface area (TPSA) is 36.6 Å². The van der Waals surface area contributed by atoms with E-state index in [1.54, 1.807) is 0 Å². The van der Waals surface area contributed by atoms with Gasteiger partial charge in [-0.1, -0.05) is 129 Å². The molecule has 48 heavy (non-hydrogen) atoms. The van der Waals surface area contributed by atoms with Crippen LogP contribution in [0.5, 0.6) is 5.75 Å². The minimum Gasteiger partial charge on any atom is -0.507 e. The number of para-hydroxylation sites is 2. The van der Waals surface area contributed by atoms with Crippen molar-refractivity contribution in [3.8, 4) is 39.1 Å². The first-order chi connectivity index (χ1) is 23.5. The molecule has 0 atom stereocenters. The molecule has 0 aliphatic heterocycles. The SMILES string of the molecule is CC1(C)c2ccccc2-c2c(O)ccc(N(c3ccc(-c4ccccc4)cc3)c3ccc(-c4cccc5c4oc4ccccc45)cc3)c21. The molecule has 1 aromatic heterocycles. The van der Waals surface area contributed by atoms with Crippen LogP contribution in [0.25, 0.3) is 55.3 Å². The second-order valence-corrected chi connectivity index (χ2v) is 13.1. The van der Waals surface area contributed by atoms with E-state index in [-0.39, 0.29) is 5.41 Å². The smallest absolute Gasteiger partial charge is 0.143 e. The average molecular weight is 620 g/mol. The summed E-state index contributed by atoms with van der Waals surface area (Å²) in [4.78, 5) is 2.33. The molecule has 7 aromatic carbocycles. The predicted octanol–water partition coefficient (Wildman–Crippen LogP) is 12.4. The number of phenolic OH excluding ortho intramolecular Hbond substituents is 1. The fraction of sp³-hybridized carbons (Fsp3) is 0.0667. The van der Waals surface area contributed by atoms with E-state index in [9.17, 15) is 5.11 Å². The summed E-state index contributed by atoms with van der Waals surface area (Å²) in [5.74, 6) is 0.306. The average Bonchev–Trinajstić information content (AvgIpc) is 3.63. The Balaban J connectivity index is 1.21. The number of phenols is 1. The lowest BCUT2D eigenvalue weighted by Crippen LogP contribution is -2.20. The zero-order chi connectivity index (χ0) is 32.4. The fourth-order valence-corrected chi connectivity index (χ4v) is 7.68. The predicted molar refractivity (Wildman–Crippen MR) is 199 cm³/mol. The van der Waals surface area contributed by atoms with Gasteiger partial charge in [0.25, 0.3) is 0 Å². The van der Waals surface area contributed by atoms with Crippen molar-refractivity contribution in [1.29, 1.82) is 0 Å². The molecule has 0 saturated carbocycles. The zero-order valence-corrected chi connectivity index (χ0v) is 26.8. The molecular formula is C45H33NO2. The monoisotopic (exact) mass is 619 g/mol. The van der Waals surface area contributed by atoms with E-state index in [1.807, 2.05) is 24.3 Å². The van der Waals surface area contributed by atoms with Crippen molar-refractivity contribution in [3.05, 3.63) is 169 Å². The molecule has 0 spiro atoms. The third kappa shape index (κ3) is 4.28. The molecule has 0 amide bonds. The molecule has 8 aromatic rings. The molecule has 0 radical (unpaired) electrons. The van der Waals surface area contributed by atoms with Crippen molar-refractivity contribution in [3.63, 3.8) is 0 Å². The van der Waals surface area contributed by atoms with Crippen LogP contribution in [0.1, 0.15) is 25.0 Å². The molecule has 0 bridgehead atoms. The van der Waals surface area contributed by atoms with Crippen LogP contribution >= 0.6 is 0 Å². The molecule has 230 valence electrons. The van der Waals surface area contributed by atoms with E-state index in [0.29, 0.717) is 5.75 Å². The highest BCUT2D eigenvalue weighted by Gasteiger charge is 2.40. The van der Waals surface area contributed by atoms with Crippen LogP contribution in [0.15, 0.2) is 162 Å². The van der Waals surface area contributed by atoms with Crippen molar-refractivity contribution in [2.75, 3.05) is 4.90 Å². The minimum atomic E-state index is -0.320. The lowest BCUT2D eigenvalue weighted by atomic mass is 9.81. The number of benzene rings is 7. The Morgan fingerprint density at radius 2 is 1.12 bits per heavy atom. The maximum Gasteiger partial charge on any atom is 0.143 e. The second kappa shape index (κ2) is 10.8. The first-order valence-corrected chi connectivity index (χ1v) is 16.4. The number of nitrogens with zero attached hydrogens (tertiary/aromatic N) is 1. The summed E-state index contributed by atoms with van der Waals surface area (Å²) in [6, 6.07) is 54.9. The maximum atomic E-state index is 11.3. The molecule has 9 rings (SSSR count). The van der Waals surface area contributed by atoms with Crippen LogP contribution in [0, 0.1) is 0 Å². The van der Waals surface area contributed by atoms with Crippen molar-refractivity contribution in [2.24, 2.45) is 0 Å². The molecule has 1 heterocycles. The normalized spacial score (nSPS) is 13.0. The van der Waals surface area contributed by atoms with E-state index in [0.717, 1.165) is 72.4 Å². The van der Waals surface area contributed by atoms with Gasteiger partial charge in [0.05, 0.1) is 5.69 Å². The van der Waals surface area contributed by atoms with Gasteiger partial charge in [-0.25, -0.2) is 0 Å². The number of aromatic hydroxyl groups is 1. The molecule has 3 heteroatoms. The summed E-state index contributed by atoms with van der Waals surface area (Å²) >= 11 is 0. The molecule has 3 nitrogen and oxygen atoms in total. The van der Waals surface area contributed by atoms with Crippen LogP contribution < -0.4 is 4.90 Å². The van der Waals surface area contributed by atoms with Crippen molar-refractivity contribution >= 4 is 39.0 Å². The Hall–Kier alpha value is -6.06. The van der Waals surface area contributed by atoms with Crippen LogP contribution in [0.2, 0.25) is 0 Å². The number of hydrogen-bond acceptors (Lipinski definition) is 3. The minimum absolute atomic E-state index is 0.306. The Bertz CT molecular complexity index is 2470. The van der Waals surface area contributed by atoms with Gasteiger partial charge in [-0.3, -0.25) is 0 Å². The van der Waals surface area contributed by atoms with E-state index in [1.165, 1.54) is 11.1 Å². The van der Waals surface area contributed by atoms with Gasteiger partial charge in [0.2, 0.25) is 0 Å². The summed E-state index contributed by atoms with van der Waals surface area (Å²) in [5.41, 5.74) is 13.4. The van der Waals surface area contributed by atoms with Crippen molar-refractivity contribution in [2.45, 2.75) is 19.3 Å². The summed E-state index contributed by atoms with van der Waals surface area (Å²) < 4.78 is 6.38. The van der Waals surface area contributed by atoms with Crippen molar-refractivity contribution in [1.82, 2.24) is 0 Å². The highest BCUT2D eigenvalue weighted by molar-refractivity contribution is 6.09. The lowest BCUT2D eigenvalue weighted by molar-refractivity contribution is 0.476. The third-order valence-corrected chi connectivity index (χ3v) is 9.97. The number of fused-ring (bicyclic) bond motifs is 6. The van der Waals surface area contributed by atoms with E-state index >= 15 is 0 Å². The first-order valence-electron chi connectivity index (χ1n) is 16.4. The number of anilines is 3. The van der Waals surface area contributed by atoms with Crippen molar-refractivity contribution < 1.29 is 9.52 Å². The largest absolute Gasteiger partial charge is 0.507 e. The van der Waals surface area contributed by atoms with Gasteiger partial charge in [0.15, 0.2) is 0 Å². The van der Waals surface area contributed by atoms with E-state index < -0.39 is 0 Å². The van der Waals surface area contributed by atoms with Crippen LogP contribution in [0.4, 0.5) is 17.1 Å². The van der Waals surface area contributed by atoms with Crippen LogP contribution in [-0.2, 0) is 5.41 Å². The molecule has 0 unspecified atom stereocenters. The van der Waals surface area contributed by atoms with Gasteiger partial charge in [0, 0.05) is 38.7 Å².